The lowest BCUT2D eigenvalue weighted by atomic mass is 9.81. The van der Waals surface area contributed by atoms with Crippen LogP contribution < -0.4 is 5.73 Å². The Labute approximate surface area is 128 Å². The third-order valence-corrected chi connectivity index (χ3v) is 5.75. The Bertz CT molecular complexity index is 651. The molecule has 0 saturated heterocycles. The number of hydrogen-bond donors (Lipinski definition) is 1. The summed E-state index contributed by atoms with van der Waals surface area (Å²) in [6, 6.07) is 5.33. The molecule has 1 aromatic carbocycles. The fraction of sp³-hybridized carbons (Fsp3) is 0.529. The molecule has 1 aliphatic heterocycles. The molecule has 0 amide bonds. The van der Waals surface area contributed by atoms with Crippen molar-refractivity contribution in [1.29, 1.82) is 0 Å². The molecule has 2 aromatic rings. The lowest BCUT2D eigenvalue weighted by Gasteiger charge is -2.27. The highest BCUT2D eigenvalue weighted by Crippen LogP contribution is 2.39. The summed E-state index contributed by atoms with van der Waals surface area (Å²) in [4.78, 5) is 0. The second-order valence-corrected chi connectivity index (χ2v) is 7.32. The number of rotatable bonds is 1. The quantitative estimate of drug-likeness (QED) is 0.827. The number of hydrogen-bond acceptors (Lipinski definition) is 1. The molecular formula is C17H21BrN2. The maximum absolute atomic E-state index is 6.05. The zero-order chi connectivity index (χ0) is 13.7. The van der Waals surface area contributed by atoms with Crippen molar-refractivity contribution in [2.45, 2.75) is 57.0 Å². The molecule has 0 spiro atoms. The second-order valence-electron chi connectivity index (χ2n) is 6.46. The van der Waals surface area contributed by atoms with Gasteiger partial charge in [0.2, 0.25) is 0 Å². The topological polar surface area (TPSA) is 30.9 Å². The van der Waals surface area contributed by atoms with Crippen molar-refractivity contribution in [1.82, 2.24) is 4.57 Å². The van der Waals surface area contributed by atoms with Crippen LogP contribution in [0.4, 0.5) is 0 Å². The summed E-state index contributed by atoms with van der Waals surface area (Å²) in [6.45, 7) is 1.16. The maximum atomic E-state index is 6.05. The predicted molar refractivity (Wildman–Crippen MR) is 87.1 cm³/mol. The second kappa shape index (κ2) is 4.88. The van der Waals surface area contributed by atoms with Gasteiger partial charge in [-0.3, -0.25) is 0 Å². The van der Waals surface area contributed by atoms with Crippen molar-refractivity contribution < 1.29 is 0 Å². The molecule has 0 atom stereocenters. The molecule has 0 radical (unpaired) electrons. The van der Waals surface area contributed by atoms with Crippen LogP contribution in [0.25, 0.3) is 10.9 Å². The Morgan fingerprint density at radius 3 is 2.75 bits per heavy atom. The minimum absolute atomic E-state index is 0.432. The standard InChI is InChI=1S/C17H21BrN2/c18-16-10-20-7-1-2-12-8-13(9-15(16)17(12)20)11-3-5-14(19)6-4-11/h8-11,14H,1-7,19H2. The molecule has 2 nitrogen and oxygen atoms in total. The first-order valence-electron chi connectivity index (χ1n) is 7.79. The lowest BCUT2D eigenvalue weighted by Crippen LogP contribution is -2.25. The Balaban J connectivity index is 1.80. The molecule has 20 heavy (non-hydrogen) atoms. The minimum atomic E-state index is 0.432. The van der Waals surface area contributed by atoms with Crippen LogP contribution in [0.5, 0.6) is 0 Å². The van der Waals surface area contributed by atoms with Crippen LogP contribution in [0, 0.1) is 0 Å². The third kappa shape index (κ3) is 2.03. The van der Waals surface area contributed by atoms with Gasteiger partial charge in [-0.1, -0.05) is 6.07 Å². The molecule has 1 fully saturated rings. The summed E-state index contributed by atoms with van der Waals surface area (Å²) >= 11 is 3.75. The molecule has 4 rings (SSSR count). The third-order valence-electron chi connectivity index (χ3n) is 5.11. The van der Waals surface area contributed by atoms with Crippen LogP contribution in [0.15, 0.2) is 22.8 Å². The summed E-state index contributed by atoms with van der Waals surface area (Å²) in [7, 11) is 0. The van der Waals surface area contributed by atoms with E-state index in [1.54, 1.807) is 11.1 Å². The van der Waals surface area contributed by atoms with E-state index in [-0.39, 0.29) is 0 Å². The van der Waals surface area contributed by atoms with E-state index in [4.69, 9.17) is 5.73 Å². The lowest BCUT2D eigenvalue weighted by molar-refractivity contribution is 0.395. The number of halogens is 1. The van der Waals surface area contributed by atoms with Gasteiger partial charge in [0.1, 0.15) is 0 Å². The van der Waals surface area contributed by atoms with Crippen molar-refractivity contribution in [3.8, 4) is 0 Å². The highest BCUT2D eigenvalue weighted by atomic mass is 79.9. The molecule has 2 aliphatic rings. The van der Waals surface area contributed by atoms with E-state index in [1.165, 1.54) is 53.9 Å². The van der Waals surface area contributed by atoms with E-state index in [1.807, 2.05) is 0 Å². The Hall–Kier alpha value is -0.800. The molecule has 106 valence electrons. The number of aromatic nitrogens is 1. The highest BCUT2D eigenvalue weighted by Gasteiger charge is 2.23. The first-order chi connectivity index (χ1) is 9.72. The van der Waals surface area contributed by atoms with Crippen LogP contribution in [-0.2, 0) is 13.0 Å². The number of aryl methyl sites for hydroxylation is 2. The SMILES string of the molecule is NC1CCC(c2cc3c4c(c2)c(Br)cn4CCC3)CC1. The van der Waals surface area contributed by atoms with Gasteiger partial charge >= 0.3 is 0 Å². The Kier molecular flexibility index (Phi) is 3.15. The van der Waals surface area contributed by atoms with Gasteiger partial charge in [-0.05, 0) is 77.6 Å². The molecule has 1 aliphatic carbocycles. The van der Waals surface area contributed by atoms with E-state index in [0.717, 1.165) is 6.54 Å². The fourth-order valence-electron chi connectivity index (χ4n) is 4.01. The highest BCUT2D eigenvalue weighted by molar-refractivity contribution is 9.10. The smallest absolute Gasteiger partial charge is 0.0524 e. The van der Waals surface area contributed by atoms with E-state index in [0.29, 0.717) is 12.0 Å². The first-order valence-corrected chi connectivity index (χ1v) is 8.58. The monoisotopic (exact) mass is 332 g/mol. The average Bonchev–Trinajstić information content (AvgIpc) is 2.78. The van der Waals surface area contributed by atoms with Crippen LogP contribution in [0.1, 0.15) is 49.1 Å². The molecule has 0 unspecified atom stereocenters. The van der Waals surface area contributed by atoms with Gasteiger partial charge in [0.05, 0.1) is 5.52 Å². The van der Waals surface area contributed by atoms with Crippen LogP contribution >= 0.6 is 15.9 Å². The predicted octanol–water partition coefficient (Wildman–Crippen LogP) is 4.33. The summed E-state index contributed by atoms with van der Waals surface area (Å²) < 4.78 is 3.67. The van der Waals surface area contributed by atoms with Crippen LogP contribution in [0.2, 0.25) is 0 Å². The van der Waals surface area contributed by atoms with Gasteiger partial charge in [0, 0.05) is 28.6 Å². The van der Waals surface area contributed by atoms with E-state index >= 15 is 0 Å². The van der Waals surface area contributed by atoms with Gasteiger partial charge in [-0.15, -0.1) is 0 Å². The summed E-state index contributed by atoms with van der Waals surface area (Å²) in [5, 5.41) is 1.41. The van der Waals surface area contributed by atoms with Gasteiger partial charge in [0.15, 0.2) is 0 Å². The molecule has 1 saturated carbocycles. The molecule has 1 aromatic heterocycles. The van der Waals surface area contributed by atoms with Crippen molar-refractivity contribution in [3.63, 3.8) is 0 Å². The average molecular weight is 333 g/mol. The van der Waals surface area contributed by atoms with Gasteiger partial charge in [0.25, 0.3) is 0 Å². The maximum Gasteiger partial charge on any atom is 0.0524 e. The van der Waals surface area contributed by atoms with Crippen molar-refractivity contribution in [2.24, 2.45) is 5.73 Å². The largest absolute Gasteiger partial charge is 0.346 e. The van der Waals surface area contributed by atoms with Crippen molar-refractivity contribution in [2.75, 3.05) is 0 Å². The van der Waals surface area contributed by atoms with Gasteiger partial charge < -0.3 is 10.3 Å². The molecule has 2 heterocycles. The van der Waals surface area contributed by atoms with Crippen LogP contribution in [0.3, 0.4) is 0 Å². The Morgan fingerprint density at radius 2 is 1.95 bits per heavy atom. The zero-order valence-electron chi connectivity index (χ0n) is 11.7. The normalized spacial score (nSPS) is 26.1. The number of nitrogens with zero attached hydrogens (tertiary/aromatic N) is 1. The van der Waals surface area contributed by atoms with Gasteiger partial charge in [-0.2, -0.15) is 0 Å². The molecule has 3 heteroatoms. The Morgan fingerprint density at radius 1 is 1.15 bits per heavy atom. The number of benzene rings is 1. The van der Waals surface area contributed by atoms with E-state index in [9.17, 15) is 0 Å². The summed E-state index contributed by atoms with van der Waals surface area (Å²) in [5.74, 6) is 0.715. The molecule has 0 bridgehead atoms. The minimum Gasteiger partial charge on any atom is -0.346 e. The van der Waals surface area contributed by atoms with Crippen LogP contribution in [-0.4, -0.2) is 10.6 Å². The summed E-state index contributed by atoms with van der Waals surface area (Å²) in [6.07, 6.45) is 9.62. The molecule has 2 N–H and O–H groups in total. The molecular weight excluding hydrogens is 312 g/mol. The fourth-order valence-corrected chi connectivity index (χ4v) is 4.56. The summed E-state index contributed by atoms with van der Waals surface area (Å²) in [5.41, 5.74) is 10.6. The van der Waals surface area contributed by atoms with Crippen molar-refractivity contribution >= 4 is 26.8 Å². The van der Waals surface area contributed by atoms with E-state index in [2.05, 4.69) is 38.8 Å². The number of nitrogens with two attached hydrogens (primary N) is 1. The first kappa shape index (κ1) is 12.9. The zero-order valence-corrected chi connectivity index (χ0v) is 13.3. The van der Waals surface area contributed by atoms with Gasteiger partial charge in [-0.25, -0.2) is 0 Å². The van der Waals surface area contributed by atoms with E-state index < -0.39 is 0 Å². The van der Waals surface area contributed by atoms with Crippen molar-refractivity contribution in [3.05, 3.63) is 33.9 Å².